The number of aromatic nitrogens is 5. The van der Waals surface area contributed by atoms with Crippen molar-refractivity contribution >= 4 is 23.5 Å². The molecule has 1 amide bonds. The van der Waals surface area contributed by atoms with E-state index in [2.05, 4.69) is 25.7 Å². The van der Waals surface area contributed by atoms with E-state index in [1.54, 1.807) is 25.4 Å². The number of nitrogens with zero attached hydrogens (tertiary/aromatic N) is 5. The van der Waals surface area contributed by atoms with Crippen molar-refractivity contribution in [3.8, 4) is 11.4 Å². The maximum atomic E-state index is 12.3. The molecule has 0 aliphatic heterocycles. The Morgan fingerprint density at radius 3 is 2.66 bits per heavy atom. The van der Waals surface area contributed by atoms with E-state index in [1.807, 2.05) is 47.0 Å². The molecule has 0 aliphatic carbocycles. The van der Waals surface area contributed by atoms with Crippen LogP contribution in [0, 0.1) is 6.92 Å². The number of nitrogens with one attached hydrogen (secondary N) is 1. The van der Waals surface area contributed by atoms with Crippen LogP contribution < -0.4 is 5.32 Å². The number of hydrogen-bond acceptors (Lipinski definition) is 7. The number of hydrogen-bond donors (Lipinski definition) is 1. The van der Waals surface area contributed by atoms with Gasteiger partial charge in [-0.25, -0.2) is 0 Å². The summed E-state index contributed by atoms with van der Waals surface area (Å²) in [4.78, 5) is 16.3. The van der Waals surface area contributed by atoms with Crippen molar-refractivity contribution in [2.24, 2.45) is 0 Å². The lowest BCUT2D eigenvalue weighted by Gasteiger charge is -2.10. The van der Waals surface area contributed by atoms with Gasteiger partial charge in [-0.3, -0.25) is 14.3 Å². The van der Waals surface area contributed by atoms with E-state index < -0.39 is 0 Å². The van der Waals surface area contributed by atoms with Gasteiger partial charge in [-0.15, -0.1) is 10.2 Å². The molecule has 0 spiro atoms. The standard InChI is InChI=1S/C20H18N6O2S/c1-14-11-17(25-28-14)22-18(27)13-29-20-24-23-19(16-7-9-21-10-8-16)26(20)12-15-5-3-2-4-6-15/h2-11H,12-13H2,1H3,(H,22,25,27). The van der Waals surface area contributed by atoms with Crippen LogP contribution in [-0.2, 0) is 11.3 Å². The zero-order valence-electron chi connectivity index (χ0n) is 15.6. The summed E-state index contributed by atoms with van der Waals surface area (Å²) in [5.74, 6) is 1.75. The maximum Gasteiger partial charge on any atom is 0.236 e. The molecule has 0 saturated heterocycles. The minimum Gasteiger partial charge on any atom is -0.360 e. The zero-order chi connectivity index (χ0) is 20.1. The minimum atomic E-state index is -0.192. The molecule has 1 N–H and O–H groups in total. The van der Waals surface area contributed by atoms with Crippen molar-refractivity contribution in [3.05, 3.63) is 72.2 Å². The average molecular weight is 406 g/mol. The summed E-state index contributed by atoms with van der Waals surface area (Å²) < 4.78 is 6.97. The van der Waals surface area contributed by atoms with Crippen molar-refractivity contribution < 1.29 is 9.32 Å². The minimum absolute atomic E-state index is 0.176. The van der Waals surface area contributed by atoms with Gasteiger partial charge in [-0.05, 0) is 24.6 Å². The molecule has 0 atom stereocenters. The van der Waals surface area contributed by atoms with Gasteiger partial charge in [-0.2, -0.15) is 0 Å². The fraction of sp³-hybridized carbons (Fsp3) is 0.150. The smallest absolute Gasteiger partial charge is 0.236 e. The number of benzene rings is 1. The second-order valence-corrected chi connectivity index (χ2v) is 7.22. The average Bonchev–Trinajstić information content (AvgIpc) is 3.33. The Labute approximate surface area is 171 Å². The molecule has 1 aromatic carbocycles. The van der Waals surface area contributed by atoms with Crippen molar-refractivity contribution in [1.29, 1.82) is 0 Å². The van der Waals surface area contributed by atoms with Gasteiger partial charge in [0.25, 0.3) is 0 Å². The van der Waals surface area contributed by atoms with Crippen molar-refractivity contribution in [2.75, 3.05) is 11.1 Å². The lowest BCUT2D eigenvalue weighted by molar-refractivity contribution is -0.113. The van der Waals surface area contributed by atoms with Crippen molar-refractivity contribution in [2.45, 2.75) is 18.6 Å². The molecular weight excluding hydrogens is 388 g/mol. The molecule has 29 heavy (non-hydrogen) atoms. The number of aryl methyl sites for hydroxylation is 1. The number of carbonyl (C=O) groups is 1. The van der Waals surface area contributed by atoms with Crippen LogP contribution >= 0.6 is 11.8 Å². The quantitative estimate of drug-likeness (QED) is 0.470. The summed E-state index contributed by atoms with van der Waals surface area (Å²) in [6, 6.07) is 15.5. The summed E-state index contributed by atoms with van der Waals surface area (Å²) in [5.41, 5.74) is 2.03. The normalized spacial score (nSPS) is 10.8. The molecule has 0 saturated carbocycles. The molecule has 0 unspecified atom stereocenters. The first kappa shape index (κ1) is 18.9. The topological polar surface area (TPSA) is 98.7 Å². The van der Waals surface area contributed by atoms with Crippen molar-refractivity contribution in [1.82, 2.24) is 24.9 Å². The summed E-state index contributed by atoms with van der Waals surface area (Å²) in [5, 5.41) is 15.8. The summed E-state index contributed by atoms with van der Waals surface area (Å²) >= 11 is 1.32. The van der Waals surface area contributed by atoms with E-state index in [0.29, 0.717) is 23.3 Å². The molecule has 3 aromatic heterocycles. The molecule has 0 radical (unpaired) electrons. The maximum absolute atomic E-state index is 12.3. The molecule has 9 heteroatoms. The Bertz CT molecular complexity index is 1090. The Kier molecular flexibility index (Phi) is 5.66. The predicted octanol–water partition coefficient (Wildman–Crippen LogP) is 3.42. The third-order valence-electron chi connectivity index (χ3n) is 4.07. The first-order valence-corrected chi connectivity index (χ1v) is 9.91. The van der Waals surface area contributed by atoms with Crippen LogP contribution in [-0.4, -0.2) is 36.6 Å². The third kappa shape index (κ3) is 4.69. The van der Waals surface area contributed by atoms with Crippen molar-refractivity contribution in [3.63, 3.8) is 0 Å². The largest absolute Gasteiger partial charge is 0.360 e. The van der Waals surface area contributed by atoms with Gasteiger partial charge in [0.05, 0.1) is 12.3 Å². The van der Waals surface area contributed by atoms with E-state index in [0.717, 1.165) is 17.0 Å². The number of amides is 1. The zero-order valence-corrected chi connectivity index (χ0v) is 16.5. The summed E-state index contributed by atoms with van der Waals surface area (Å²) in [6.07, 6.45) is 3.44. The summed E-state index contributed by atoms with van der Waals surface area (Å²) in [7, 11) is 0. The van der Waals surface area contributed by atoms with E-state index in [1.165, 1.54) is 11.8 Å². The molecule has 4 rings (SSSR count). The highest BCUT2D eigenvalue weighted by Crippen LogP contribution is 2.25. The molecule has 3 heterocycles. The molecule has 4 aromatic rings. The third-order valence-corrected chi connectivity index (χ3v) is 5.03. The lowest BCUT2D eigenvalue weighted by Crippen LogP contribution is -2.15. The van der Waals surface area contributed by atoms with Gasteiger partial charge in [0.15, 0.2) is 16.8 Å². The lowest BCUT2D eigenvalue weighted by atomic mass is 10.2. The predicted molar refractivity (Wildman–Crippen MR) is 109 cm³/mol. The second kappa shape index (κ2) is 8.70. The number of anilines is 1. The second-order valence-electron chi connectivity index (χ2n) is 6.27. The number of thioether (sulfide) groups is 1. The Hall–Kier alpha value is -3.46. The van der Waals surface area contributed by atoms with E-state index in [4.69, 9.17) is 4.52 Å². The molecule has 0 fully saturated rings. The highest BCUT2D eigenvalue weighted by molar-refractivity contribution is 7.99. The van der Waals surface area contributed by atoms with Crippen LogP contribution in [0.15, 0.2) is 70.6 Å². The highest BCUT2D eigenvalue weighted by atomic mass is 32.2. The van der Waals surface area contributed by atoms with E-state index in [9.17, 15) is 4.79 Å². The van der Waals surface area contributed by atoms with E-state index >= 15 is 0 Å². The van der Waals surface area contributed by atoms with Gasteiger partial charge in [0, 0.05) is 24.0 Å². The van der Waals surface area contributed by atoms with Gasteiger partial charge >= 0.3 is 0 Å². The number of pyridine rings is 1. The van der Waals surface area contributed by atoms with Crippen LogP contribution in [0.3, 0.4) is 0 Å². The van der Waals surface area contributed by atoms with Gasteiger partial charge < -0.3 is 9.84 Å². The molecular formula is C20H18N6O2S. The van der Waals surface area contributed by atoms with Crippen LogP contribution in [0.1, 0.15) is 11.3 Å². The molecule has 0 aliphatic rings. The van der Waals surface area contributed by atoms with E-state index in [-0.39, 0.29) is 11.7 Å². The van der Waals surface area contributed by atoms with Crippen LogP contribution in [0.5, 0.6) is 0 Å². The molecule has 0 bridgehead atoms. The first-order chi connectivity index (χ1) is 14.2. The van der Waals surface area contributed by atoms with Crippen LogP contribution in [0.25, 0.3) is 11.4 Å². The number of carbonyl (C=O) groups excluding carboxylic acids is 1. The Morgan fingerprint density at radius 2 is 1.93 bits per heavy atom. The number of rotatable bonds is 7. The SMILES string of the molecule is Cc1cc(NC(=O)CSc2nnc(-c3ccncc3)n2Cc2ccccc2)no1. The Balaban J connectivity index is 1.54. The fourth-order valence-electron chi connectivity index (χ4n) is 2.75. The van der Waals surface area contributed by atoms with Crippen LogP contribution in [0.2, 0.25) is 0 Å². The molecule has 8 nitrogen and oxygen atoms in total. The first-order valence-electron chi connectivity index (χ1n) is 8.92. The van der Waals surface area contributed by atoms with Crippen LogP contribution in [0.4, 0.5) is 5.82 Å². The summed E-state index contributed by atoms with van der Waals surface area (Å²) in [6.45, 7) is 2.36. The Morgan fingerprint density at radius 1 is 1.14 bits per heavy atom. The monoisotopic (exact) mass is 406 g/mol. The fourth-order valence-corrected chi connectivity index (χ4v) is 3.49. The van der Waals surface area contributed by atoms with Gasteiger partial charge in [0.1, 0.15) is 5.76 Å². The van der Waals surface area contributed by atoms with Gasteiger partial charge in [0.2, 0.25) is 5.91 Å². The van der Waals surface area contributed by atoms with Gasteiger partial charge in [-0.1, -0.05) is 47.3 Å². The highest BCUT2D eigenvalue weighted by Gasteiger charge is 2.16. The molecule has 146 valence electrons.